The highest BCUT2D eigenvalue weighted by atomic mass is 32.2. The van der Waals surface area contributed by atoms with E-state index in [4.69, 9.17) is 0 Å². The quantitative estimate of drug-likeness (QED) is 0.708. The predicted octanol–water partition coefficient (Wildman–Crippen LogP) is 0.919. The van der Waals surface area contributed by atoms with Crippen LogP contribution in [-0.2, 0) is 10.0 Å². The van der Waals surface area contributed by atoms with Gasteiger partial charge in [-0.05, 0) is 57.2 Å². The summed E-state index contributed by atoms with van der Waals surface area (Å²) >= 11 is 0. The summed E-state index contributed by atoms with van der Waals surface area (Å²) in [5.74, 6) is 0.405. The van der Waals surface area contributed by atoms with E-state index < -0.39 is 10.0 Å². The lowest BCUT2D eigenvalue weighted by Crippen LogP contribution is -2.33. The number of H-pyrrole nitrogens is 1. The molecule has 0 aromatic carbocycles. The number of rotatable bonds is 6. The molecule has 3 N–H and O–H groups in total. The van der Waals surface area contributed by atoms with Gasteiger partial charge in [-0.1, -0.05) is 0 Å². The van der Waals surface area contributed by atoms with E-state index >= 15 is 0 Å². The fourth-order valence-corrected chi connectivity index (χ4v) is 4.44. The molecule has 134 valence electrons. The molecule has 2 fully saturated rings. The summed E-state index contributed by atoms with van der Waals surface area (Å²) in [5.41, 5.74) is 0.341. The summed E-state index contributed by atoms with van der Waals surface area (Å²) in [6.45, 7) is 3.93. The number of piperidine rings is 1. The molecule has 0 bridgehead atoms. The first kappa shape index (κ1) is 17.4. The largest absolute Gasteiger partial charge is 0.356 e. The summed E-state index contributed by atoms with van der Waals surface area (Å²) < 4.78 is 27.4. The number of aromatic amines is 1. The Balaban J connectivity index is 1.55. The second kappa shape index (κ2) is 7.67. The van der Waals surface area contributed by atoms with Crippen LogP contribution in [0.5, 0.6) is 0 Å². The smallest absolute Gasteiger partial charge is 0.270 e. The molecule has 8 heteroatoms. The van der Waals surface area contributed by atoms with E-state index in [0.717, 1.165) is 58.3 Å². The Kier molecular flexibility index (Phi) is 5.57. The van der Waals surface area contributed by atoms with Gasteiger partial charge < -0.3 is 15.2 Å². The van der Waals surface area contributed by atoms with Gasteiger partial charge in [-0.15, -0.1) is 0 Å². The van der Waals surface area contributed by atoms with Gasteiger partial charge in [-0.25, -0.2) is 13.1 Å². The average molecular weight is 354 g/mol. The number of carbonyl (C=O) groups is 1. The van der Waals surface area contributed by atoms with Gasteiger partial charge in [0.25, 0.3) is 5.91 Å². The highest BCUT2D eigenvalue weighted by molar-refractivity contribution is 7.89. The minimum Gasteiger partial charge on any atom is -0.356 e. The topological polar surface area (TPSA) is 94.3 Å². The monoisotopic (exact) mass is 354 g/mol. The summed E-state index contributed by atoms with van der Waals surface area (Å²) in [5, 5.41) is 3.33. The zero-order valence-corrected chi connectivity index (χ0v) is 14.7. The van der Waals surface area contributed by atoms with Crippen LogP contribution in [0.1, 0.15) is 42.6 Å². The molecule has 0 saturated carbocycles. The lowest BCUT2D eigenvalue weighted by molar-refractivity contribution is 0.0787. The van der Waals surface area contributed by atoms with Crippen molar-refractivity contribution in [2.45, 2.75) is 37.0 Å². The molecule has 2 aliphatic heterocycles. The Morgan fingerprint density at radius 3 is 2.79 bits per heavy atom. The van der Waals surface area contributed by atoms with E-state index in [2.05, 4.69) is 15.0 Å². The maximum absolute atomic E-state index is 12.4. The van der Waals surface area contributed by atoms with E-state index in [9.17, 15) is 13.2 Å². The minimum atomic E-state index is -3.57. The minimum absolute atomic E-state index is 0.123. The molecule has 0 radical (unpaired) electrons. The van der Waals surface area contributed by atoms with E-state index in [1.165, 1.54) is 12.3 Å². The number of likely N-dealkylation sites (tertiary alicyclic amines) is 1. The third kappa shape index (κ3) is 4.17. The van der Waals surface area contributed by atoms with Gasteiger partial charge in [-0.2, -0.15) is 0 Å². The van der Waals surface area contributed by atoms with Crippen LogP contribution in [0.2, 0.25) is 0 Å². The summed E-state index contributed by atoms with van der Waals surface area (Å²) in [6, 6.07) is 1.44. The molecule has 0 aliphatic carbocycles. The lowest BCUT2D eigenvalue weighted by atomic mass is 9.96. The van der Waals surface area contributed by atoms with Crippen LogP contribution in [0, 0.1) is 5.92 Å². The van der Waals surface area contributed by atoms with Crippen molar-refractivity contribution in [3.05, 3.63) is 18.0 Å². The van der Waals surface area contributed by atoms with Gasteiger partial charge in [0, 0.05) is 25.8 Å². The summed E-state index contributed by atoms with van der Waals surface area (Å²) in [6.07, 6.45) is 6.54. The van der Waals surface area contributed by atoms with Crippen molar-refractivity contribution in [2.24, 2.45) is 5.92 Å². The molecular formula is C16H26N4O3S. The molecule has 2 saturated heterocycles. The maximum Gasteiger partial charge on any atom is 0.270 e. The van der Waals surface area contributed by atoms with Crippen LogP contribution in [0.4, 0.5) is 0 Å². The van der Waals surface area contributed by atoms with Gasteiger partial charge in [0.15, 0.2) is 0 Å². The number of aromatic nitrogens is 1. The van der Waals surface area contributed by atoms with Crippen LogP contribution in [0.3, 0.4) is 0 Å². The van der Waals surface area contributed by atoms with Gasteiger partial charge in [0.2, 0.25) is 10.0 Å². The molecule has 1 amide bonds. The van der Waals surface area contributed by atoms with Crippen LogP contribution >= 0.6 is 0 Å². The molecule has 7 nitrogen and oxygen atoms in total. The molecule has 24 heavy (non-hydrogen) atoms. The van der Waals surface area contributed by atoms with Crippen molar-refractivity contribution in [3.63, 3.8) is 0 Å². The number of nitrogens with zero attached hydrogens (tertiary/aromatic N) is 1. The third-order valence-corrected chi connectivity index (χ3v) is 6.27. The molecule has 1 aromatic rings. The normalized spacial score (nSPS) is 22.0. The van der Waals surface area contributed by atoms with Gasteiger partial charge in [0.05, 0.1) is 0 Å². The van der Waals surface area contributed by atoms with Crippen molar-refractivity contribution in [1.82, 2.24) is 19.9 Å². The molecule has 1 atom stereocenters. The summed E-state index contributed by atoms with van der Waals surface area (Å²) in [7, 11) is -3.57. The van der Waals surface area contributed by atoms with Crippen LogP contribution in [0.25, 0.3) is 0 Å². The predicted molar refractivity (Wildman–Crippen MR) is 91.3 cm³/mol. The van der Waals surface area contributed by atoms with Crippen molar-refractivity contribution in [3.8, 4) is 0 Å². The van der Waals surface area contributed by atoms with Crippen molar-refractivity contribution in [1.29, 1.82) is 0 Å². The number of amides is 1. The molecule has 3 heterocycles. The first-order chi connectivity index (χ1) is 11.6. The first-order valence-electron chi connectivity index (χ1n) is 8.74. The van der Waals surface area contributed by atoms with E-state index in [0.29, 0.717) is 18.2 Å². The highest BCUT2D eigenvalue weighted by Gasteiger charge is 2.23. The van der Waals surface area contributed by atoms with E-state index in [-0.39, 0.29) is 10.8 Å². The Morgan fingerprint density at radius 1 is 1.29 bits per heavy atom. The number of sulfonamides is 1. The number of nitrogens with one attached hydrogen (secondary N) is 3. The fraction of sp³-hybridized carbons (Fsp3) is 0.688. The van der Waals surface area contributed by atoms with Crippen LogP contribution in [0.15, 0.2) is 17.2 Å². The number of hydrogen-bond donors (Lipinski definition) is 3. The first-order valence-corrected chi connectivity index (χ1v) is 10.2. The van der Waals surface area contributed by atoms with Crippen molar-refractivity contribution in [2.75, 3.05) is 32.7 Å². The molecule has 2 aliphatic rings. The fourth-order valence-electron chi connectivity index (χ4n) is 3.39. The molecule has 1 aromatic heterocycles. The standard InChI is InChI=1S/C16H26N4O3S/c21-16(20-8-1-2-9-20)15-10-14(12-18-15)24(22,23)19-7-5-13-4-3-6-17-11-13/h10,12-13,17-19H,1-9,11H2. The Hall–Kier alpha value is -1.38. The third-order valence-electron chi connectivity index (χ3n) is 4.83. The Bertz CT molecular complexity index is 659. The van der Waals surface area contributed by atoms with Crippen molar-refractivity contribution < 1.29 is 13.2 Å². The van der Waals surface area contributed by atoms with Crippen LogP contribution < -0.4 is 10.0 Å². The molecular weight excluding hydrogens is 328 g/mol. The van der Waals surface area contributed by atoms with E-state index in [1.807, 2.05) is 0 Å². The lowest BCUT2D eigenvalue weighted by Gasteiger charge is -2.22. The average Bonchev–Trinajstić information content (AvgIpc) is 3.27. The van der Waals surface area contributed by atoms with Crippen LogP contribution in [-0.4, -0.2) is 56.9 Å². The van der Waals surface area contributed by atoms with E-state index in [1.54, 1.807) is 4.90 Å². The SMILES string of the molecule is O=C(c1cc(S(=O)(=O)NCCC2CCCNC2)c[nH]1)N1CCCC1. The molecule has 3 rings (SSSR count). The van der Waals surface area contributed by atoms with Gasteiger partial charge >= 0.3 is 0 Å². The Labute approximate surface area is 143 Å². The zero-order valence-electron chi connectivity index (χ0n) is 13.9. The van der Waals surface area contributed by atoms with Crippen molar-refractivity contribution >= 4 is 15.9 Å². The van der Waals surface area contributed by atoms with Gasteiger partial charge in [-0.3, -0.25) is 4.79 Å². The highest BCUT2D eigenvalue weighted by Crippen LogP contribution is 2.17. The Morgan fingerprint density at radius 2 is 2.08 bits per heavy atom. The summed E-state index contributed by atoms with van der Waals surface area (Å²) in [4.78, 5) is 17.0. The van der Waals surface area contributed by atoms with Gasteiger partial charge in [0.1, 0.15) is 10.6 Å². The second-order valence-electron chi connectivity index (χ2n) is 6.65. The maximum atomic E-state index is 12.4. The number of carbonyl (C=O) groups excluding carboxylic acids is 1. The second-order valence-corrected chi connectivity index (χ2v) is 8.41. The molecule has 0 spiro atoms. The molecule has 1 unspecified atom stereocenters. The number of hydrogen-bond acceptors (Lipinski definition) is 4. The zero-order chi connectivity index (χ0) is 17.0.